The summed E-state index contributed by atoms with van der Waals surface area (Å²) in [6.45, 7) is 0. The van der Waals surface area contributed by atoms with E-state index in [1.54, 1.807) is 18.5 Å². The summed E-state index contributed by atoms with van der Waals surface area (Å²) in [5.41, 5.74) is 1.40. The zero-order chi connectivity index (χ0) is 13.9. The molecule has 100 valence electrons. The number of pyridine rings is 1. The van der Waals surface area contributed by atoms with Crippen LogP contribution in [-0.4, -0.2) is 11.3 Å². The molecule has 2 rings (SSSR count). The lowest BCUT2D eigenvalue weighted by Crippen LogP contribution is -2.16. The van der Waals surface area contributed by atoms with E-state index in [1.165, 1.54) is 24.3 Å². The Labute approximate surface area is 115 Å². The lowest BCUT2D eigenvalue weighted by Gasteiger charge is -2.11. The summed E-state index contributed by atoms with van der Waals surface area (Å²) in [5.74, 6) is -0.258. The second-order valence-corrected chi connectivity index (χ2v) is 4.41. The molecule has 3 nitrogen and oxygen atoms in total. The van der Waals surface area contributed by atoms with Crippen LogP contribution in [0.1, 0.15) is 0 Å². The van der Waals surface area contributed by atoms with Crippen molar-refractivity contribution in [3.63, 3.8) is 0 Å². The molecule has 2 aromatic rings. The lowest BCUT2D eigenvalue weighted by atomic mass is 10.3. The van der Waals surface area contributed by atoms with Crippen molar-refractivity contribution in [2.75, 3.05) is 5.32 Å². The van der Waals surface area contributed by atoms with Crippen LogP contribution in [-0.2, 0) is 0 Å². The minimum absolute atomic E-state index is 0.258. The van der Waals surface area contributed by atoms with Crippen molar-refractivity contribution in [2.45, 2.75) is 6.36 Å². The van der Waals surface area contributed by atoms with E-state index in [2.05, 4.69) is 31.0 Å². The van der Waals surface area contributed by atoms with Gasteiger partial charge in [0.1, 0.15) is 5.75 Å². The van der Waals surface area contributed by atoms with Crippen LogP contribution in [0.15, 0.2) is 47.2 Å². The van der Waals surface area contributed by atoms with Gasteiger partial charge in [0, 0.05) is 18.1 Å². The highest BCUT2D eigenvalue weighted by atomic mass is 79.9. The Morgan fingerprint density at radius 3 is 2.37 bits per heavy atom. The first-order chi connectivity index (χ1) is 8.94. The first-order valence-electron chi connectivity index (χ1n) is 5.16. The van der Waals surface area contributed by atoms with Gasteiger partial charge < -0.3 is 10.1 Å². The molecule has 0 spiro atoms. The van der Waals surface area contributed by atoms with Gasteiger partial charge in [-0.25, -0.2) is 0 Å². The normalized spacial score (nSPS) is 11.2. The Morgan fingerprint density at radius 2 is 1.79 bits per heavy atom. The van der Waals surface area contributed by atoms with Gasteiger partial charge in [0.2, 0.25) is 0 Å². The summed E-state index contributed by atoms with van der Waals surface area (Å²) in [6, 6.07) is 7.21. The van der Waals surface area contributed by atoms with Crippen LogP contribution in [0.2, 0.25) is 0 Å². The molecule has 0 atom stereocenters. The number of anilines is 2. The second kappa shape index (κ2) is 5.48. The number of benzene rings is 1. The molecule has 0 saturated heterocycles. The number of aromatic nitrogens is 1. The Morgan fingerprint density at radius 1 is 1.11 bits per heavy atom. The molecule has 1 aromatic heterocycles. The van der Waals surface area contributed by atoms with Gasteiger partial charge in [-0.1, -0.05) is 0 Å². The fourth-order valence-electron chi connectivity index (χ4n) is 1.37. The number of hydrogen-bond acceptors (Lipinski definition) is 3. The van der Waals surface area contributed by atoms with Crippen LogP contribution < -0.4 is 10.1 Å². The van der Waals surface area contributed by atoms with Crippen molar-refractivity contribution < 1.29 is 17.9 Å². The quantitative estimate of drug-likeness (QED) is 0.899. The largest absolute Gasteiger partial charge is 0.573 e. The third-order valence-corrected chi connectivity index (χ3v) is 2.77. The predicted molar refractivity (Wildman–Crippen MR) is 68.3 cm³/mol. The van der Waals surface area contributed by atoms with E-state index in [4.69, 9.17) is 0 Å². The summed E-state index contributed by atoms with van der Waals surface area (Å²) in [4.78, 5) is 3.91. The summed E-state index contributed by atoms with van der Waals surface area (Å²) in [5, 5.41) is 3.04. The van der Waals surface area contributed by atoms with Gasteiger partial charge in [-0.3, -0.25) is 4.98 Å². The lowest BCUT2D eigenvalue weighted by molar-refractivity contribution is -0.274. The van der Waals surface area contributed by atoms with Gasteiger partial charge in [-0.2, -0.15) is 0 Å². The van der Waals surface area contributed by atoms with Crippen molar-refractivity contribution in [1.29, 1.82) is 0 Å². The van der Waals surface area contributed by atoms with Gasteiger partial charge in [-0.15, -0.1) is 13.2 Å². The van der Waals surface area contributed by atoms with E-state index in [1.807, 2.05) is 0 Å². The van der Waals surface area contributed by atoms with Crippen molar-refractivity contribution in [3.05, 3.63) is 47.2 Å². The van der Waals surface area contributed by atoms with E-state index in [-0.39, 0.29) is 5.75 Å². The van der Waals surface area contributed by atoms with Crippen molar-refractivity contribution in [3.8, 4) is 5.75 Å². The van der Waals surface area contributed by atoms with Crippen LogP contribution in [0.5, 0.6) is 5.75 Å². The van der Waals surface area contributed by atoms with Crippen LogP contribution in [0.25, 0.3) is 0 Å². The number of hydrogen-bond donors (Lipinski definition) is 1. The number of ether oxygens (including phenoxy) is 1. The van der Waals surface area contributed by atoms with Gasteiger partial charge in [-0.05, 0) is 46.3 Å². The summed E-state index contributed by atoms with van der Waals surface area (Å²) in [6.07, 6.45) is -1.46. The molecule has 0 amide bonds. The summed E-state index contributed by atoms with van der Waals surface area (Å²) in [7, 11) is 0. The first kappa shape index (κ1) is 13.7. The van der Waals surface area contributed by atoms with E-state index >= 15 is 0 Å². The minimum atomic E-state index is -4.68. The molecule has 0 bridgehead atoms. The Hall–Kier alpha value is -1.76. The van der Waals surface area contributed by atoms with Crippen molar-refractivity contribution in [1.82, 2.24) is 4.98 Å². The van der Waals surface area contributed by atoms with Crippen LogP contribution in [0, 0.1) is 0 Å². The Balaban J connectivity index is 2.09. The van der Waals surface area contributed by atoms with E-state index in [0.717, 1.165) is 10.2 Å². The molecule has 1 N–H and O–H groups in total. The average Bonchev–Trinajstić information content (AvgIpc) is 2.33. The highest BCUT2D eigenvalue weighted by molar-refractivity contribution is 9.10. The Bertz CT molecular complexity index is 558. The van der Waals surface area contributed by atoms with Crippen molar-refractivity contribution in [2.24, 2.45) is 0 Å². The average molecular weight is 333 g/mol. The zero-order valence-corrected chi connectivity index (χ0v) is 11.0. The molecule has 0 aliphatic rings. The standard InChI is InChI=1S/C12H8BrF3N2O/c13-10-7-17-6-5-11(10)18-8-1-3-9(4-2-8)19-12(14,15)16/h1-7H,(H,17,18). The fraction of sp³-hybridized carbons (Fsp3) is 0.0833. The molecule has 1 heterocycles. The van der Waals surface area contributed by atoms with Crippen LogP contribution >= 0.6 is 15.9 Å². The minimum Gasteiger partial charge on any atom is -0.406 e. The topological polar surface area (TPSA) is 34.1 Å². The van der Waals surface area contributed by atoms with Crippen LogP contribution in [0.4, 0.5) is 24.5 Å². The maximum Gasteiger partial charge on any atom is 0.573 e. The number of nitrogens with zero attached hydrogens (tertiary/aromatic N) is 1. The first-order valence-corrected chi connectivity index (χ1v) is 5.96. The third-order valence-electron chi connectivity index (χ3n) is 2.14. The van der Waals surface area contributed by atoms with E-state index in [9.17, 15) is 13.2 Å². The number of nitrogens with one attached hydrogen (secondary N) is 1. The molecule has 1 aromatic carbocycles. The molecule has 0 saturated carbocycles. The van der Waals surface area contributed by atoms with Gasteiger partial charge >= 0.3 is 6.36 Å². The fourth-order valence-corrected chi connectivity index (χ4v) is 1.72. The second-order valence-electron chi connectivity index (χ2n) is 3.55. The molecule has 0 fully saturated rings. The van der Waals surface area contributed by atoms with Crippen molar-refractivity contribution >= 4 is 27.3 Å². The molecule has 19 heavy (non-hydrogen) atoms. The molecule has 0 radical (unpaired) electrons. The smallest absolute Gasteiger partial charge is 0.406 e. The maximum absolute atomic E-state index is 12.0. The highest BCUT2D eigenvalue weighted by Crippen LogP contribution is 2.27. The predicted octanol–water partition coefficient (Wildman–Crippen LogP) is 4.49. The highest BCUT2D eigenvalue weighted by Gasteiger charge is 2.30. The van der Waals surface area contributed by atoms with Crippen LogP contribution in [0.3, 0.4) is 0 Å². The van der Waals surface area contributed by atoms with E-state index < -0.39 is 6.36 Å². The third kappa shape index (κ3) is 4.13. The molecule has 0 aliphatic heterocycles. The van der Waals surface area contributed by atoms with E-state index in [0.29, 0.717) is 5.69 Å². The van der Waals surface area contributed by atoms with Gasteiger partial charge in [0.05, 0.1) is 10.2 Å². The summed E-state index contributed by atoms with van der Waals surface area (Å²) >= 11 is 3.31. The monoisotopic (exact) mass is 332 g/mol. The molecule has 0 aliphatic carbocycles. The Kier molecular flexibility index (Phi) is 3.94. The molecule has 7 heteroatoms. The summed E-state index contributed by atoms with van der Waals surface area (Å²) < 4.78 is 40.5. The zero-order valence-electron chi connectivity index (χ0n) is 9.41. The van der Waals surface area contributed by atoms with Gasteiger partial charge in [0.25, 0.3) is 0 Å². The number of halogens is 4. The molecular weight excluding hydrogens is 325 g/mol. The molecule has 0 unspecified atom stereocenters. The number of rotatable bonds is 3. The molecular formula is C12H8BrF3N2O. The van der Waals surface area contributed by atoms with Gasteiger partial charge in [0.15, 0.2) is 0 Å². The SMILES string of the molecule is FC(F)(F)Oc1ccc(Nc2ccncc2Br)cc1. The maximum atomic E-state index is 12.0. The number of alkyl halides is 3.